The molecule has 0 aliphatic carbocycles. The number of aryl methyl sites for hydroxylation is 2. The van der Waals surface area contributed by atoms with Gasteiger partial charge in [0.15, 0.2) is 5.96 Å². The van der Waals surface area contributed by atoms with Crippen LogP contribution in [-0.2, 0) is 17.8 Å². The molecule has 1 unspecified atom stereocenters. The van der Waals surface area contributed by atoms with Gasteiger partial charge < -0.3 is 20.1 Å². The predicted octanol–water partition coefficient (Wildman–Crippen LogP) is 3.51. The Bertz CT molecular complexity index is 816. The average Bonchev–Trinajstić information content (AvgIpc) is 3.23. The zero-order chi connectivity index (χ0) is 20.5. The fraction of sp³-hybridized carbons (Fsp3) is 0.478. The minimum Gasteiger partial charge on any atom is -0.491 e. The molecule has 0 spiro atoms. The SMILES string of the molecule is CCNC(=NCc1ccc(C)cc1OCC1CCCO1)NCc1cccc(C)n1. The number of aliphatic imine (C=N–C) groups is 1. The van der Waals surface area contributed by atoms with Crippen LogP contribution in [0.15, 0.2) is 41.4 Å². The van der Waals surface area contributed by atoms with Gasteiger partial charge in [-0.3, -0.25) is 4.98 Å². The first-order valence-electron chi connectivity index (χ1n) is 10.4. The van der Waals surface area contributed by atoms with Crippen LogP contribution in [-0.4, -0.2) is 36.8 Å². The van der Waals surface area contributed by atoms with Crippen molar-refractivity contribution in [3.63, 3.8) is 0 Å². The van der Waals surface area contributed by atoms with E-state index >= 15 is 0 Å². The van der Waals surface area contributed by atoms with Crippen molar-refractivity contribution in [1.82, 2.24) is 15.6 Å². The molecule has 1 atom stereocenters. The Hall–Kier alpha value is -2.60. The highest BCUT2D eigenvalue weighted by Crippen LogP contribution is 2.23. The number of pyridine rings is 1. The van der Waals surface area contributed by atoms with Gasteiger partial charge in [-0.25, -0.2) is 4.99 Å². The molecule has 0 saturated carbocycles. The van der Waals surface area contributed by atoms with Gasteiger partial charge in [0.2, 0.25) is 0 Å². The third-order valence-electron chi connectivity index (χ3n) is 4.81. The van der Waals surface area contributed by atoms with Crippen molar-refractivity contribution in [2.75, 3.05) is 19.8 Å². The summed E-state index contributed by atoms with van der Waals surface area (Å²) in [4.78, 5) is 9.28. The van der Waals surface area contributed by atoms with E-state index in [0.717, 1.165) is 54.7 Å². The van der Waals surface area contributed by atoms with Gasteiger partial charge >= 0.3 is 0 Å². The number of aromatic nitrogens is 1. The van der Waals surface area contributed by atoms with E-state index in [9.17, 15) is 0 Å². The molecule has 6 nitrogen and oxygen atoms in total. The van der Waals surface area contributed by atoms with Gasteiger partial charge in [0.25, 0.3) is 0 Å². The van der Waals surface area contributed by atoms with E-state index in [0.29, 0.717) is 19.7 Å². The lowest BCUT2D eigenvalue weighted by Crippen LogP contribution is -2.37. The molecule has 3 rings (SSSR count). The van der Waals surface area contributed by atoms with Gasteiger partial charge in [-0.2, -0.15) is 0 Å². The van der Waals surface area contributed by atoms with Crippen LogP contribution in [0.4, 0.5) is 0 Å². The minimum atomic E-state index is 0.202. The van der Waals surface area contributed by atoms with Crippen molar-refractivity contribution >= 4 is 5.96 Å². The van der Waals surface area contributed by atoms with E-state index in [-0.39, 0.29) is 6.10 Å². The van der Waals surface area contributed by atoms with Crippen molar-refractivity contribution in [2.45, 2.75) is 52.8 Å². The van der Waals surface area contributed by atoms with E-state index in [2.05, 4.69) is 47.7 Å². The summed E-state index contributed by atoms with van der Waals surface area (Å²) in [5.41, 5.74) is 4.25. The van der Waals surface area contributed by atoms with Crippen molar-refractivity contribution in [3.05, 3.63) is 58.9 Å². The highest BCUT2D eigenvalue weighted by Gasteiger charge is 2.17. The molecule has 2 N–H and O–H groups in total. The second-order valence-electron chi connectivity index (χ2n) is 7.38. The average molecular weight is 397 g/mol. The predicted molar refractivity (Wildman–Crippen MR) is 116 cm³/mol. The maximum absolute atomic E-state index is 6.09. The topological polar surface area (TPSA) is 67.8 Å². The number of benzene rings is 1. The van der Waals surface area contributed by atoms with Crippen molar-refractivity contribution in [1.29, 1.82) is 0 Å². The van der Waals surface area contributed by atoms with Crippen LogP contribution in [0.25, 0.3) is 0 Å². The maximum Gasteiger partial charge on any atom is 0.191 e. The third kappa shape index (κ3) is 6.75. The molecule has 1 aliphatic heterocycles. The molecular formula is C23H32N4O2. The Labute approximate surface area is 173 Å². The Balaban J connectivity index is 1.64. The molecule has 2 aromatic rings. The normalized spacial score (nSPS) is 16.7. The van der Waals surface area contributed by atoms with Crippen LogP contribution in [0, 0.1) is 13.8 Å². The Morgan fingerprint density at radius 1 is 1.24 bits per heavy atom. The zero-order valence-electron chi connectivity index (χ0n) is 17.7. The van der Waals surface area contributed by atoms with Crippen LogP contribution in [0.2, 0.25) is 0 Å². The fourth-order valence-electron chi connectivity index (χ4n) is 3.26. The van der Waals surface area contributed by atoms with E-state index < -0.39 is 0 Å². The Kier molecular flexibility index (Phi) is 7.87. The number of nitrogens with one attached hydrogen (secondary N) is 2. The van der Waals surface area contributed by atoms with E-state index in [1.807, 2.05) is 25.1 Å². The largest absolute Gasteiger partial charge is 0.491 e. The molecular weight excluding hydrogens is 364 g/mol. The van der Waals surface area contributed by atoms with Crippen LogP contribution in [0.1, 0.15) is 42.3 Å². The van der Waals surface area contributed by atoms with Crippen LogP contribution in [0.5, 0.6) is 5.75 Å². The second kappa shape index (κ2) is 10.8. The summed E-state index contributed by atoms with van der Waals surface area (Å²) in [5, 5.41) is 6.65. The molecule has 156 valence electrons. The summed E-state index contributed by atoms with van der Waals surface area (Å²) >= 11 is 0. The first-order valence-corrected chi connectivity index (χ1v) is 10.4. The van der Waals surface area contributed by atoms with Crippen LogP contribution in [0.3, 0.4) is 0 Å². The van der Waals surface area contributed by atoms with Crippen molar-refractivity contribution < 1.29 is 9.47 Å². The smallest absolute Gasteiger partial charge is 0.191 e. The summed E-state index contributed by atoms with van der Waals surface area (Å²) < 4.78 is 11.8. The van der Waals surface area contributed by atoms with Gasteiger partial charge in [0, 0.05) is 24.4 Å². The highest BCUT2D eigenvalue weighted by molar-refractivity contribution is 5.79. The van der Waals surface area contributed by atoms with Crippen molar-refractivity contribution in [2.24, 2.45) is 4.99 Å². The standard InChI is InChI=1S/C23H32N4O2/c1-4-24-23(26-15-20-8-5-7-18(3)27-20)25-14-19-11-10-17(2)13-22(19)29-16-21-9-6-12-28-21/h5,7-8,10-11,13,21H,4,6,9,12,14-16H2,1-3H3,(H2,24,25,26). The van der Waals surface area contributed by atoms with E-state index in [1.165, 1.54) is 5.56 Å². The molecule has 1 saturated heterocycles. The molecule has 1 aromatic heterocycles. The lowest BCUT2D eigenvalue weighted by Gasteiger charge is -2.15. The highest BCUT2D eigenvalue weighted by atomic mass is 16.5. The number of ether oxygens (including phenoxy) is 2. The maximum atomic E-state index is 6.09. The first kappa shape index (κ1) is 21.1. The lowest BCUT2D eigenvalue weighted by atomic mass is 10.1. The van der Waals surface area contributed by atoms with E-state index in [1.54, 1.807) is 0 Å². The number of hydrogen-bond acceptors (Lipinski definition) is 4. The molecule has 6 heteroatoms. The van der Waals surface area contributed by atoms with Crippen LogP contribution >= 0.6 is 0 Å². The van der Waals surface area contributed by atoms with Gasteiger partial charge in [0.05, 0.1) is 24.9 Å². The lowest BCUT2D eigenvalue weighted by molar-refractivity contribution is 0.0676. The molecule has 1 fully saturated rings. The van der Waals surface area contributed by atoms with Gasteiger partial charge in [-0.1, -0.05) is 18.2 Å². The molecule has 0 amide bonds. The van der Waals surface area contributed by atoms with Gasteiger partial charge in [-0.15, -0.1) is 0 Å². The first-order chi connectivity index (χ1) is 14.1. The van der Waals surface area contributed by atoms with Crippen molar-refractivity contribution in [3.8, 4) is 5.75 Å². The molecule has 1 aromatic carbocycles. The van der Waals surface area contributed by atoms with Crippen LogP contribution < -0.4 is 15.4 Å². The quantitative estimate of drug-likeness (QED) is 0.528. The third-order valence-corrected chi connectivity index (χ3v) is 4.81. The summed E-state index contributed by atoms with van der Waals surface area (Å²) in [6, 6.07) is 12.3. The molecule has 29 heavy (non-hydrogen) atoms. The molecule has 2 heterocycles. The Morgan fingerprint density at radius 2 is 2.14 bits per heavy atom. The summed E-state index contributed by atoms with van der Waals surface area (Å²) in [6.07, 6.45) is 2.39. The fourth-order valence-corrected chi connectivity index (χ4v) is 3.26. The molecule has 0 bridgehead atoms. The zero-order valence-corrected chi connectivity index (χ0v) is 17.7. The number of rotatable bonds is 8. The number of guanidine groups is 1. The van der Waals surface area contributed by atoms with Gasteiger partial charge in [-0.05, 0) is 57.4 Å². The number of nitrogens with zero attached hydrogens (tertiary/aromatic N) is 2. The van der Waals surface area contributed by atoms with E-state index in [4.69, 9.17) is 14.5 Å². The minimum absolute atomic E-state index is 0.202. The number of hydrogen-bond donors (Lipinski definition) is 2. The summed E-state index contributed by atoms with van der Waals surface area (Å²) in [6.45, 7) is 9.53. The Morgan fingerprint density at radius 3 is 2.90 bits per heavy atom. The monoisotopic (exact) mass is 396 g/mol. The summed E-state index contributed by atoms with van der Waals surface area (Å²) in [7, 11) is 0. The molecule has 1 aliphatic rings. The second-order valence-corrected chi connectivity index (χ2v) is 7.38. The molecule has 0 radical (unpaired) electrons. The summed E-state index contributed by atoms with van der Waals surface area (Å²) in [5.74, 6) is 1.65. The van der Waals surface area contributed by atoms with Gasteiger partial charge in [0.1, 0.15) is 12.4 Å².